The summed E-state index contributed by atoms with van der Waals surface area (Å²) in [5.41, 5.74) is 0.853. The van der Waals surface area contributed by atoms with Crippen molar-refractivity contribution >= 4 is 39.1 Å². The summed E-state index contributed by atoms with van der Waals surface area (Å²) in [5, 5.41) is 0.573. The molecule has 0 aliphatic rings. The van der Waals surface area contributed by atoms with Crippen LogP contribution >= 0.6 is 11.6 Å². The molecule has 9 nitrogen and oxygen atoms in total. The van der Waals surface area contributed by atoms with Crippen molar-refractivity contribution in [1.82, 2.24) is 14.4 Å². The van der Waals surface area contributed by atoms with E-state index in [4.69, 9.17) is 20.9 Å². The van der Waals surface area contributed by atoms with Crippen LogP contribution in [0.4, 0.5) is 10.1 Å². The number of hydrogen-bond donors (Lipinski definition) is 1. The molecule has 1 N–H and O–H groups in total. The van der Waals surface area contributed by atoms with Crippen LogP contribution in [0.1, 0.15) is 10.5 Å². The summed E-state index contributed by atoms with van der Waals surface area (Å²) in [4.78, 5) is 23.1. The second-order valence-corrected chi connectivity index (χ2v) is 9.60. The summed E-state index contributed by atoms with van der Waals surface area (Å²) in [5.74, 6) is 0.0133. The lowest BCUT2D eigenvalue weighted by Gasteiger charge is -2.17. The van der Waals surface area contributed by atoms with E-state index in [9.17, 15) is 17.6 Å². The van der Waals surface area contributed by atoms with E-state index in [1.807, 2.05) is 0 Å². The number of benzene rings is 3. The van der Waals surface area contributed by atoms with Crippen LogP contribution in [0, 0.1) is 5.82 Å². The van der Waals surface area contributed by atoms with Crippen LogP contribution in [-0.4, -0.2) is 40.3 Å². The highest BCUT2D eigenvalue weighted by atomic mass is 35.5. The number of carbonyl (C=O) groups excluding carboxylic acids is 1. The van der Waals surface area contributed by atoms with Gasteiger partial charge in [0.05, 0.1) is 4.90 Å². The highest BCUT2D eigenvalue weighted by Gasteiger charge is 2.25. The molecule has 38 heavy (non-hydrogen) atoms. The third-order valence-electron chi connectivity index (χ3n) is 5.16. The highest BCUT2D eigenvalue weighted by molar-refractivity contribution is 7.85. The molecule has 2 heterocycles. The Morgan fingerprint density at radius 1 is 1.00 bits per heavy atom. The monoisotopic (exact) mass is 554 g/mol. The quantitative estimate of drug-likeness (QED) is 0.284. The molecule has 0 saturated heterocycles. The van der Waals surface area contributed by atoms with Crippen molar-refractivity contribution in [2.24, 2.45) is 0 Å². The molecule has 5 rings (SSSR count). The number of rotatable bonds is 5. The molecule has 2 aromatic heterocycles. The third-order valence-corrected chi connectivity index (χ3v) is 6.28. The molecule has 0 spiro atoms. The molecule has 0 radical (unpaired) electrons. The minimum Gasteiger partial charge on any atom is -0.437 e. The smallest absolute Gasteiger partial charge is 0.294 e. The lowest BCUT2D eigenvalue weighted by Crippen LogP contribution is -2.27. The first-order valence-corrected chi connectivity index (χ1v) is 12.8. The van der Waals surface area contributed by atoms with Crippen LogP contribution in [0.2, 0.25) is 5.02 Å². The second-order valence-electron chi connectivity index (χ2n) is 7.74. The fraction of sp³-hybridized carbons (Fsp3) is 0.0385. The van der Waals surface area contributed by atoms with Gasteiger partial charge in [0.15, 0.2) is 5.69 Å². The molecule has 12 heteroatoms. The molecule has 3 aromatic carbocycles. The molecule has 194 valence electrons. The van der Waals surface area contributed by atoms with E-state index in [1.54, 1.807) is 72.4 Å². The van der Waals surface area contributed by atoms with Crippen molar-refractivity contribution in [3.8, 4) is 11.6 Å². The predicted octanol–water partition coefficient (Wildman–Crippen LogP) is 5.52. The van der Waals surface area contributed by atoms with E-state index in [1.165, 1.54) is 41.3 Å². The summed E-state index contributed by atoms with van der Waals surface area (Å²) in [6, 6.07) is 21.5. The van der Waals surface area contributed by atoms with Gasteiger partial charge in [0.2, 0.25) is 5.78 Å². The third kappa shape index (κ3) is 6.32. The zero-order chi connectivity index (χ0) is 27.3. The maximum absolute atomic E-state index is 13.2. The minimum absolute atomic E-state index is 0.0741. The Morgan fingerprint density at radius 2 is 1.66 bits per heavy atom. The van der Waals surface area contributed by atoms with Crippen molar-refractivity contribution in [1.29, 1.82) is 0 Å². The summed E-state index contributed by atoms with van der Waals surface area (Å²) < 4.78 is 49.7. The van der Waals surface area contributed by atoms with Crippen molar-refractivity contribution in [3.05, 3.63) is 114 Å². The Bertz CT molecular complexity index is 1660. The van der Waals surface area contributed by atoms with E-state index in [0.29, 0.717) is 22.2 Å². The molecule has 0 aliphatic carbocycles. The van der Waals surface area contributed by atoms with Crippen LogP contribution in [0.3, 0.4) is 0 Å². The van der Waals surface area contributed by atoms with E-state index in [0.717, 1.165) is 0 Å². The van der Waals surface area contributed by atoms with Crippen molar-refractivity contribution in [2.45, 2.75) is 4.90 Å². The molecule has 0 aliphatic heterocycles. The number of amides is 1. The number of aromatic nitrogens is 3. The van der Waals surface area contributed by atoms with Gasteiger partial charge in [-0.05, 0) is 66.7 Å². The standard InChI is InChI=1S/C20H14ClFN4O2.C6H6O3S/c1-25(15-7-3-13(21)4-8-15)19(27)17-18(24-20-23-11-2-12-26(17)20)28-16-9-5-14(22)6-10-16;7-10(8,9)6-4-2-1-3-5-6/h2-12H,1H3;1-5H,(H,7,8,9). The van der Waals surface area contributed by atoms with Gasteiger partial charge in [-0.25, -0.2) is 9.37 Å². The number of carbonyl (C=O) groups is 1. The zero-order valence-corrected chi connectivity index (χ0v) is 21.3. The van der Waals surface area contributed by atoms with Crippen molar-refractivity contribution in [2.75, 3.05) is 11.9 Å². The zero-order valence-electron chi connectivity index (χ0n) is 19.8. The Hall–Kier alpha value is -4.32. The van der Waals surface area contributed by atoms with Gasteiger partial charge in [0.25, 0.3) is 21.9 Å². The molecular formula is C26H20ClFN4O5S. The predicted molar refractivity (Wildman–Crippen MR) is 140 cm³/mol. The van der Waals surface area contributed by atoms with Crippen LogP contribution in [0.15, 0.2) is 102 Å². The van der Waals surface area contributed by atoms with E-state index < -0.39 is 10.1 Å². The van der Waals surface area contributed by atoms with Gasteiger partial charge in [-0.3, -0.25) is 13.7 Å². The molecule has 0 saturated carbocycles. The van der Waals surface area contributed by atoms with Gasteiger partial charge in [0.1, 0.15) is 11.6 Å². The van der Waals surface area contributed by atoms with Gasteiger partial charge in [-0.15, -0.1) is 0 Å². The molecule has 1 amide bonds. The van der Waals surface area contributed by atoms with E-state index in [-0.39, 0.29) is 28.2 Å². The maximum Gasteiger partial charge on any atom is 0.294 e. The average Bonchev–Trinajstić information content (AvgIpc) is 3.28. The fourth-order valence-electron chi connectivity index (χ4n) is 3.28. The molecule has 5 aromatic rings. The normalized spacial score (nSPS) is 10.9. The number of halogens is 2. The van der Waals surface area contributed by atoms with E-state index in [2.05, 4.69) is 9.97 Å². The Balaban J connectivity index is 0.000000283. The first-order valence-electron chi connectivity index (χ1n) is 11.0. The summed E-state index contributed by atoms with van der Waals surface area (Å²) in [6.45, 7) is 0. The Morgan fingerprint density at radius 3 is 2.26 bits per heavy atom. The minimum atomic E-state index is -4.00. The lowest BCUT2D eigenvalue weighted by molar-refractivity contribution is 0.0985. The van der Waals surface area contributed by atoms with Crippen LogP contribution in [0.25, 0.3) is 5.78 Å². The Labute approximate surface area is 222 Å². The van der Waals surface area contributed by atoms with E-state index >= 15 is 0 Å². The first-order chi connectivity index (χ1) is 18.1. The molecule has 0 bridgehead atoms. The SMILES string of the molecule is CN(C(=O)c1c(Oc2ccc(F)cc2)nc2ncccn12)c1ccc(Cl)cc1.O=S(=O)(O)c1ccccc1. The largest absolute Gasteiger partial charge is 0.437 e. The highest BCUT2D eigenvalue weighted by Crippen LogP contribution is 2.28. The van der Waals surface area contributed by atoms with Crippen molar-refractivity contribution < 1.29 is 26.9 Å². The number of fused-ring (bicyclic) bond motifs is 1. The van der Waals surface area contributed by atoms with Gasteiger partial charge < -0.3 is 9.64 Å². The summed E-state index contributed by atoms with van der Waals surface area (Å²) >= 11 is 5.93. The Kier molecular flexibility index (Phi) is 8.01. The van der Waals surface area contributed by atoms with Gasteiger partial charge in [-0.2, -0.15) is 13.4 Å². The van der Waals surface area contributed by atoms with Crippen LogP contribution in [0.5, 0.6) is 11.6 Å². The molecular weight excluding hydrogens is 535 g/mol. The fourth-order valence-corrected chi connectivity index (χ4v) is 3.91. The number of ether oxygens (including phenoxy) is 1. The first kappa shape index (κ1) is 26.7. The number of anilines is 1. The van der Waals surface area contributed by atoms with Gasteiger partial charge in [0, 0.05) is 30.2 Å². The average molecular weight is 555 g/mol. The molecule has 0 fully saturated rings. The lowest BCUT2D eigenvalue weighted by atomic mass is 10.2. The number of imidazole rings is 1. The number of hydrogen-bond acceptors (Lipinski definition) is 6. The van der Waals surface area contributed by atoms with Crippen LogP contribution < -0.4 is 9.64 Å². The summed E-state index contributed by atoms with van der Waals surface area (Å²) in [7, 11) is -2.36. The maximum atomic E-state index is 13.2. The van der Waals surface area contributed by atoms with Gasteiger partial charge in [-0.1, -0.05) is 29.8 Å². The molecule has 0 atom stereocenters. The molecule has 0 unspecified atom stereocenters. The van der Waals surface area contributed by atoms with Crippen molar-refractivity contribution in [3.63, 3.8) is 0 Å². The number of nitrogens with zero attached hydrogens (tertiary/aromatic N) is 4. The topological polar surface area (TPSA) is 114 Å². The van der Waals surface area contributed by atoms with Gasteiger partial charge >= 0.3 is 0 Å². The second kappa shape index (κ2) is 11.4. The van der Waals surface area contributed by atoms with Crippen LogP contribution in [-0.2, 0) is 10.1 Å². The summed E-state index contributed by atoms with van der Waals surface area (Å²) in [6.07, 6.45) is 3.25.